The Morgan fingerprint density at radius 1 is 1.20 bits per heavy atom. The van der Waals surface area contributed by atoms with E-state index in [1.54, 1.807) is 36.9 Å². The molecule has 2 aromatic heterocycles. The first-order valence-corrected chi connectivity index (χ1v) is 8.66. The first-order chi connectivity index (χ1) is 12.3. The Labute approximate surface area is 146 Å². The number of carbonyl (C=O) groups is 1. The molecule has 1 amide bonds. The van der Waals surface area contributed by atoms with Crippen molar-refractivity contribution in [1.82, 2.24) is 14.9 Å². The van der Waals surface area contributed by atoms with Crippen LogP contribution in [-0.2, 0) is 16.1 Å². The van der Waals surface area contributed by atoms with Crippen molar-refractivity contribution in [1.29, 1.82) is 0 Å². The summed E-state index contributed by atoms with van der Waals surface area (Å²) in [7, 11) is 0. The minimum atomic E-state index is -0.101. The lowest BCUT2D eigenvalue weighted by atomic mass is 10.1. The molecule has 0 N–H and O–H groups in total. The van der Waals surface area contributed by atoms with Gasteiger partial charge in [-0.3, -0.25) is 14.8 Å². The van der Waals surface area contributed by atoms with E-state index in [2.05, 4.69) is 9.97 Å². The molecule has 4 rings (SSSR count). The molecule has 3 atom stereocenters. The number of nitrogens with zero attached hydrogens (tertiary/aromatic N) is 3. The number of carbonyl (C=O) groups excluding carboxylic acids is 1. The predicted molar refractivity (Wildman–Crippen MR) is 90.8 cm³/mol. The molecule has 1 saturated carbocycles. The van der Waals surface area contributed by atoms with Gasteiger partial charge in [0.2, 0.25) is 0 Å². The van der Waals surface area contributed by atoms with Crippen LogP contribution >= 0.6 is 0 Å². The summed E-state index contributed by atoms with van der Waals surface area (Å²) in [6, 6.07) is 7.52. The number of amides is 1. The number of aromatic nitrogens is 2. The number of ether oxygens (including phenoxy) is 2. The minimum Gasteiger partial charge on any atom is -0.374 e. The van der Waals surface area contributed by atoms with Gasteiger partial charge in [0.05, 0.1) is 30.9 Å². The van der Waals surface area contributed by atoms with E-state index >= 15 is 0 Å². The van der Waals surface area contributed by atoms with Crippen LogP contribution in [0, 0.1) is 0 Å². The molecule has 130 valence electrons. The van der Waals surface area contributed by atoms with E-state index in [0.717, 1.165) is 18.4 Å². The molecule has 2 aromatic rings. The van der Waals surface area contributed by atoms with Gasteiger partial charge in [0.1, 0.15) is 6.10 Å². The highest BCUT2D eigenvalue weighted by Crippen LogP contribution is 2.33. The monoisotopic (exact) mass is 339 g/mol. The number of fused-ring (bicyclic) bond motifs is 2. The summed E-state index contributed by atoms with van der Waals surface area (Å²) in [5.41, 5.74) is 1.68. The highest BCUT2D eigenvalue weighted by atomic mass is 16.5. The molecule has 2 bridgehead atoms. The van der Waals surface area contributed by atoms with Crippen LogP contribution in [0.15, 0.2) is 49.1 Å². The minimum absolute atomic E-state index is 0.00163. The second-order valence-electron chi connectivity index (χ2n) is 6.43. The van der Waals surface area contributed by atoms with Gasteiger partial charge >= 0.3 is 0 Å². The highest BCUT2D eigenvalue weighted by Gasteiger charge is 2.44. The molecular weight excluding hydrogens is 318 g/mol. The maximum atomic E-state index is 12.9. The maximum absolute atomic E-state index is 12.9. The molecule has 6 heteroatoms. The lowest BCUT2D eigenvalue weighted by Gasteiger charge is -2.31. The van der Waals surface area contributed by atoms with Crippen molar-refractivity contribution in [3.63, 3.8) is 0 Å². The van der Waals surface area contributed by atoms with E-state index in [9.17, 15) is 4.79 Å². The van der Waals surface area contributed by atoms with Gasteiger partial charge in [-0.15, -0.1) is 0 Å². The highest BCUT2D eigenvalue weighted by molar-refractivity contribution is 5.94. The molecular formula is C19H21N3O3. The van der Waals surface area contributed by atoms with Crippen molar-refractivity contribution in [3.8, 4) is 0 Å². The zero-order chi connectivity index (χ0) is 17.1. The quantitative estimate of drug-likeness (QED) is 0.853. The van der Waals surface area contributed by atoms with Crippen molar-refractivity contribution in [2.24, 2.45) is 0 Å². The Morgan fingerprint density at radius 3 is 2.88 bits per heavy atom. The smallest absolute Gasteiger partial charge is 0.255 e. The second-order valence-corrected chi connectivity index (χ2v) is 6.43. The van der Waals surface area contributed by atoms with Crippen LogP contribution in [0.5, 0.6) is 0 Å². The van der Waals surface area contributed by atoms with Crippen LogP contribution < -0.4 is 0 Å². The van der Waals surface area contributed by atoms with E-state index in [0.29, 0.717) is 25.3 Å². The molecule has 0 radical (unpaired) electrons. The topological polar surface area (TPSA) is 64.6 Å². The van der Waals surface area contributed by atoms with Crippen LogP contribution in [0.25, 0.3) is 0 Å². The summed E-state index contributed by atoms with van der Waals surface area (Å²) in [4.78, 5) is 22.9. The summed E-state index contributed by atoms with van der Waals surface area (Å²) >= 11 is 0. The van der Waals surface area contributed by atoms with Crippen molar-refractivity contribution >= 4 is 5.91 Å². The van der Waals surface area contributed by atoms with Gasteiger partial charge in [-0.25, -0.2) is 0 Å². The fourth-order valence-electron chi connectivity index (χ4n) is 3.69. The van der Waals surface area contributed by atoms with E-state index in [4.69, 9.17) is 9.47 Å². The first-order valence-electron chi connectivity index (χ1n) is 8.66. The second kappa shape index (κ2) is 7.29. The molecule has 2 aliphatic rings. The zero-order valence-electron chi connectivity index (χ0n) is 14.0. The lowest BCUT2D eigenvalue weighted by molar-refractivity contribution is -0.0597. The summed E-state index contributed by atoms with van der Waals surface area (Å²) in [6.07, 6.45) is 8.58. The van der Waals surface area contributed by atoms with Gasteiger partial charge in [-0.2, -0.15) is 0 Å². The van der Waals surface area contributed by atoms with Crippen LogP contribution in [-0.4, -0.2) is 52.2 Å². The van der Waals surface area contributed by atoms with Crippen molar-refractivity contribution in [2.45, 2.75) is 37.7 Å². The largest absolute Gasteiger partial charge is 0.374 e. The molecule has 25 heavy (non-hydrogen) atoms. The van der Waals surface area contributed by atoms with Crippen LogP contribution in [0.4, 0.5) is 0 Å². The molecule has 3 heterocycles. The lowest BCUT2D eigenvalue weighted by Crippen LogP contribution is -2.46. The van der Waals surface area contributed by atoms with Gasteiger partial charge in [-0.1, -0.05) is 0 Å². The van der Waals surface area contributed by atoms with Crippen LogP contribution in [0.3, 0.4) is 0 Å². The Morgan fingerprint density at radius 2 is 2.08 bits per heavy atom. The zero-order valence-corrected chi connectivity index (χ0v) is 14.0. The number of hydrogen-bond donors (Lipinski definition) is 0. The van der Waals surface area contributed by atoms with Crippen LogP contribution in [0.2, 0.25) is 0 Å². The van der Waals surface area contributed by atoms with Crippen molar-refractivity contribution in [3.05, 3.63) is 60.2 Å². The Hall–Kier alpha value is -2.31. The third-order valence-electron chi connectivity index (χ3n) is 4.92. The first kappa shape index (κ1) is 16.2. The number of rotatable bonds is 4. The van der Waals surface area contributed by atoms with E-state index in [1.807, 2.05) is 17.0 Å². The van der Waals surface area contributed by atoms with Gasteiger partial charge in [0, 0.05) is 31.3 Å². The fraction of sp³-hybridized carbons (Fsp3) is 0.421. The number of pyridine rings is 2. The Bertz CT molecular complexity index is 710. The molecule has 0 spiro atoms. The molecule has 2 fully saturated rings. The van der Waals surface area contributed by atoms with Gasteiger partial charge in [0.15, 0.2) is 0 Å². The van der Waals surface area contributed by atoms with E-state index < -0.39 is 0 Å². The molecule has 1 aliphatic heterocycles. The summed E-state index contributed by atoms with van der Waals surface area (Å²) < 4.78 is 12.2. The maximum Gasteiger partial charge on any atom is 0.255 e. The third kappa shape index (κ3) is 3.41. The third-order valence-corrected chi connectivity index (χ3v) is 4.92. The molecule has 1 aliphatic carbocycles. The van der Waals surface area contributed by atoms with Crippen LogP contribution in [0.1, 0.15) is 28.8 Å². The molecule has 1 saturated heterocycles. The predicted octanol–water partition coefficient (Wildman–Crippen LogP) is 2.07. The van der Waals surface area contributed by atoms with Gasteiger partial charge in [-0.05, 0) is 42.7 Å². The summed E-state index contributed by atoms with van der Waals surface area (Å²) in [6.45, 7) is 1.63. The fourth-order valence-corrected chi connectivity index (χ4v) is 3.69. The molecule has 6 nitrogen and oxygen atoms in total. The summed E-state index contributed by atoms with van der Waals surface area (Å²) in [5, 5.41) is 0. The van der Waals surface area contributed by atoms with Gasteiger partial charge in [0.25, 0.3) is 5.91 Å². The van der Waals surface area contributed by atoms with Gasteiger partial charge < -0.3 is 14.4 Å². The molecule has 3 unspecified atom stereocenters. The average Bonchev–Trinajstić information content (AvgIpc) is 2.96. The van der Waals surface area contributed by atoms with Crippen molar-refractivity contribution < 1.29 is 14.3 Å². The Balaban J connectivity index is 1.51. The Kier molecular flexibility index (Phi) is 4.72. The van der Waals surface area contributed by atoms with Crippen molar-refractivity contribution in [2.75, 3.05) is 13.2 Å². The summed E-state index contributed by atoms with van der Waals surface area (Å²) in [5.74, 6) is 0.00163. The number of hydrogen-bond acceptors (Lipinski definition) is 5. The average molecular weight is 339 g/mol. The normalized spacial score (nSPS) is 25.6. The van der Waals surface area contributed by atoms with E-state index in [-0.39, 0.29) is 24.2 Å². The SMILES string of the molecule is O=C(c1cccnc1)N1CCOC2CCC1C2OCc1ccncc1. The molecule has 0 aromatic carbocycles. The standard InChI is InChI=1S/C19H21N3O3/c23-19(15-2-1-7-21-12-15)22-10-11-24-17-4-3-16(22)18(17)25-13-14-5-8-20-9-6-14/h1-2,5-9,12,16-18H,3-4,10-11,13H2. The van der Waals surface area contributed by atoms with E-state index in [1.165, 1.54) is 0 Å².